The molecule has 0 aliphatic carbocycles. The number of anilines is 1. The van der Waals surface area contributed by atoms with E-state index < -0.39 is 35.2 Å². The van der Waals surface area contributed by atoms with Gasteiger partial charge in [0.2, 0.25) is 6.33 Å². The van der Waals surface area contributed by atoms with Gasteiger partial charge in [0.15, 0.2) is 16.7 Å². The van der Waals surface area contributed by atoms with Crippen LogP contribution in [-0.4, -0.2) is 89.3 Å². The fourth-order valence-electron chi connectivity index (χ4n) is 4.51. The van der Waals surface area contributed by atoms with Gasteiger partial charge in [0.1, 0.15) is 23.5 Å². The van der Waals surface area contributed by atoms with Crippen LogP contribution in [0.1, 0.15) is 5.82 Å². The van der Waals surface area contributed by atoms with Gasteiger partial charge in [-0.1, -0.05) is 0 Å². The molecule has 3 unspecified atom stereocenters. The van der Waals surface area contributed by atoms with E-state index in [1.165, 1.54) is 18.8 Å². The molecule has 1 fully saturated rings. The number of β-lactam (4-membered cyclic amide) rings is 1. The van der Waals surface area contributed by atoms with E-state index in [1.807, 2.05) is 10.6 Å². The Hall–Kier alpha value is -3.64. The van der Waals surface area contributed by atoms with Gasteiger partial charge in [-0.15, -0.1) is 24.2 Å². The Balaban J connectivity index is 0.00000370. The number of aliphatic carboxylic acids is 1. The van der Waals surface area contributed by atoms with Gasteiger partial charge in [-0.2, -0.15) is 9.36 Å². The lowest BCUT2D eigenvalue weighted by Gasteiger charge is -2.50. The van der Waals surface area contributed by atoms with Crippen LogP contribution in [0.25, 0.3) is 11.2 Å². The average Bonchev–Trinajstić information content (AvgIpc) is 3.53. The largest absolute Gasteiger partial charge is 0.543 e. The topological polar surface area (TPSA) is 222 Å². The van der Waals surface area contributed by atoms with Crippen molar-refractivity contribution in [2.24, 2.45) is 10.7 Å². The molecule has 3 aromatic heterocycles. The van der Waals surface area contributed by atoms with Gasteiger partial charge in [-0.05, 0) is 17.1 Å². The number of pyridine rings is 1. The van der Waals surface area contributed by atoms with Crippen molar-refractivity contribution in [1.29, 1.82) is 0 Å². The molecule has 18 heteroatoms. The van der Waals surface area contributed by atoms with Crippen molar-refractivity contribution in [2.45, 2.75) is 30.5 Å². The van der Waals surface area contributed by atoms with Crippen LogP contribution in [-0.2, 0) is 27.5 Å². The maximum absolute atomic E-state index is 13.1. The number of hydrogen-bond acceptors (Lipinski definition) is 13. The Morgan fingerprint density at radius 1 is 1.43 bits per heavy atom. The van der Waals surface area contributed by atoms with Crippen molar-refractivity contribution >= 4 is 75.5 Å². The summed E-state index contributed by atoms with van der Waals surface area (Å²) < 4.78 is 7.56. The minimum Gasteiger partial charge on any atom is -0.543 e. The van der Waals surface area contributed by atoms with E-state index in [0.717, 1.165) is 21.9 Å². The third-order valence-electron chi connectivity index (χ3n) is 6.30. The summed E-state index contributed by atoms with van der Waals surface area (Å²) in [4.78, 5) is 51.6. The molecule has 3 aromatic rings. The Bertz CT molecular complexity index is 1540. The molecule has 2 aliphatic rings. The third kappa shape index (κ3) is 5.25. The molecule has 40 heavy (non-hydrogen) atoms. The molecule has 1 saturated heterocycles. The van der Waals surface area contributed by atoms with Crippen LogP contribution < -0.4 is 26.5 Å². The van der Waals surface area contributed by atoms with Gasteiger partial charge >= 0.3 is 5.65 Å². The van der Waals surface area contributed by atoms with Crippen LogP contribution in [0.15, 0.2) is 40.9 Å². The molecule has 6 N–H and O–H groups in total. The highest BCUT2D eigenvalue weighted by atomic mass is 35.5. The van der Waals surface area contributed by atoms with Crippen LogP contribution in [0.2, 0.25) is 0 Å². The van der Waals surface area contributed by atoms with Crippen LogP contribution in [0.5, 0.6) is 0 Å². The summed E-state index contributed by atoms with van der Waals surface area (Å²) in [6, 6.07) is 2.21. The number of aliphatic imine (C=N–C) groups is 1. The number of thioether (sulfide) groups is 1. The van der Waals surface area contributed by atoms with Crippen molar-refractivity contribution < 1.29 is 29.2 Å². The van der Waals surface area contributed by atoms with E-state index in [4.69, 9.17) is 11.5 Å². The molecular weight excluding hydrogens is 584 g/mol. The number of carbonyl (C=O) groups excluding carboxylic acids is 3. The maximum atomic E-state index is 13.1. The van der Waals surface area contributed by atoms with Crippen LogP contribution in [0.4, 0.5) is 5.13 Å². The molecule has 0 spiro atoms. The number of imidazole rings is 1. The van der Waals surface area contributed by atoms with Gasteiger partial charge in [0.25, 0.3) is 11.8 Å². The number of hydrogen-bond donors (Lipinski definition) is 4. The zero-order valence-corrected chi connectivity index (χ0v) is 23.4. The monoisotopic (exact) mass is 608 g/mol. The van der Waals surface area contributed by atoms with Crippen LogP contribution in [0, 0.1) is 0 Å². The van der Waals surface area contributed by atoms with E-state index in [0.29, 0.717) is 17.8 Å². The number of nitrogens with two attached hydrogens (primary N) is 2. The van der Waals surface area contributed by atoms with E-state index in [2.05, 4.69) is 24.7 Å². The number of nitrogens with one attached hydrogen (secondary N) is 1. The number of aliphatic hydroxyl groups is 1. The molecule has 5 rings (SSSR count). The normalized spacial score (nSPS) is 19.6. The highest BCUT2D eigenvalue weighted by Gasteiger charge is 2.53. The number of carbonyl (C=O) groups is 3. The number of rotatable bonds is 9. The first kappa shape index (κ1) is 29.3. The third-order valence-corrected chi connectivity index (χ3v) is 8.18. The first-order valence-electron chi connectivity index (χ1n) is 11.7. The highest BCUT2D eigenvalue weighted by molar-refractivity contribution is 8.00. The summed E-state index contributed by atoms with van der Waals surface area (Å²) in [7, 11) is 1.39. The van der Waals surface area contributed by atoms with Crippen LogP contribution in [0.3, 0.4) is 0 Å². The van der Waals surface area contributed by atoms with Crippen molar-refractivity contribution in [2.75, 3.05) is 25.1 Å². The molecule has 0 radical (unpaired) electrons. The van der Waals surface area contributed by atoms with Crippen molar-refractivity contribution in [3.63, 3.8) is 0 Å². The van der Waals surface area contributed by atoms with E-state index >= 15 is 0 Å². The highest BCUT2D eigenvalue weighted by Crippen LogP contribution is 2.40. The summed E-state index contributed by atoms with van der Waals surface area (Å²) in [5, 5.41) is 23.6. The Morgan fingerprint density at radius 2 is 2.20 bits per heavy atom. The standard InChI is InChI=1S/C22H24N10O5S2.ClH/c1-25-13(16-28-22(24)39-29-16)18(34)27-14-19(35)32-15(21(36)37)10(8-38-20(14)32)5-30-4-2-3-12-17(30)26-9-31(12)6-11(23)7-33;/h2-4,9,11,14,20,33H,5-8,23H2,1H3,(H3-,24,27,28,29,34,36,37);1H. The number of halogens is 1. The smallest absolute Gasteiger partial charge is 0.349 e. The summed E-state index contributed by atoms with van der Waals surface area (Å²) in [6.07, 6.45) is 3.36. The Labute approximate surface area is 241 Å². The number of aromatic nitrogens is 5. The quantitative estimate of drug-likeness (QED) is 0.109. The molecule has 212 valence electrons. The number of nitrogens with zero attached hydrogens (tertiary/aromatic N) is 7. The lowest BCUT2D eigenvalue weighted by Crippen LogP contribution is -2.71. The molecule has 3 atom stereocenters. The zero-order valence-electron chi connectivity index (χ0n) is 21.0. The SMILES string of the molecule is CN=C(C(=O)NC1C(=O)N2C(C(=O)[O-])=C(C[n+]3cccc4c3ncn4CC(N)CO)CSC12)c1nsc(N)n1.Cl. The van der Waals surface area contributed by atoms with Crippen LogP contribution >= 0.6 is 35.7 Å². The predicted molar refractivity (Wildman–Crippen MR) is 146 cm³/mol. The molecule has 2 aliphatic heterocycles. The van der Waals surface area contributed by atoms with Gasteiger partial charge in [-0.3, -0.25) is 19.5 Å². The average molecular weight is 609 g/mol. The second kappa shape index (κ2) is 11.8. The van der Waals surface area contributed by atoms with Crippen molar-refractivity contribution in [3.8, 4) is 0 Å². The summed E-state index contributed by atoms with van der Waals surface area (Å²) in [6.45, 7) is 0.322. The minimum atomic E-state index is -1.49. The molecule has 5 heterocycles. The molecular formula is C22H25ClN10O5S2. The van der Waals surface area contributed by atoms with Gasteiger partial charge in [0, 0.05) is 42.5 Å². The van der Waals surface area contributed by atoms with Crippen molar-refractivity contribution in [1.82, 2.24) is 29.1 Å². The van der Waals surface area contributed by atoms with E-state index in [9.17, 15) is 24.6 Å². The molecule has 15 nitrogen and oxygen atoms in total. The molecule has 2 amide bonds. The Morgan fingerprint density at radius 3 is 2.85 bits per heavy atom. The second-order valence-electron chi connectivity index (χ2n) is 8.81. The summed E-state index contributed by atoms with van der Waals surface area (Å²) in [5.41, 5.74) is 13.0. The Kier molecular flexibility index (Phi) is 8.69. The first-order chi connectivity index (χ1) is 18.7. The lowest BCUT2D eigenvalue weighted by molar-refractivity contribution is -0.664. The zero-order chi connectivity index (χ0) is 27.8. The van der Waals surface area contributed by atoms with E-state index in [-0.39, 0.29) is 53.7 Å². The first-order valence-corrected chi connectivity index (χ1v) is 13.5. The summed E-state index contributed by atoms with van der Waals surface area (Å²) >= 11 is 2.23. The number of carboxylic acid groups (broad SMARTS) is 1. The molecule has 0 aromatic carbocycles. The number of amides is 2. The number of carboxylic acids is 1. The maximum Gasteiger partial charge on any atom is 0.349 e. The van der Waals surface area contributed by atoms with Gasteiger partial charge < -0.3 is 36.4 Å². The number of nitrogen functional groups attached to an aromatic ring is 1. The van der Waals surface area contributed by atoms with Gasteiger partial charge in [0.05, 0.1) is 24.5 Å². The number of aliphatic hydroxyl groups excluding tert-OH is 1. The number of fused-ring (bicyclic) bond motifs is 2. The summed E-state index contributed by atoms with van der Waals surface area (Å²) in [5.74, 6) is -2.41. The van der Waals surface area contributed by atoms with E-state index in [1.54, 1.807) is 23.2 Å². The predicted octanol–water partition coefficient (Wildman–Crippen LogP) is -2.98. The fraction of sp³-hybridized carbons (Fsp3) is 0.364. The minimum absolute atomic E-state index is 0. The molecule has 0 saturated carbocycles. The van der Waals surface area contributed by atoms with Gasteiger partial charge in [-0.25, -0.2) is 4.57 Å². The fourth-order valence-corrected chi connectivity index (χ4v) is 6.28. The second-order valence-corrected chi connectivity index (χ2v) is 10.7. The van der Waals surface area contributed by atoms with Crippen molar-refractivity contribution in [3.05, 3.63) is 41.8 Å². The lowest BCUT2D eigenvalue weighted by atomic mass is 10.0. The molecule has 0 bridgehead atoms.